The van der Waals surface area contributed by atoms with Crippen molar-refractivity contribution >= 4 is 110 Å². The fourth-order valence-electron chi connectivity index (χ4n) is 13.8. The van der Waals surface area contributed by atoms with E-state index in [1.54, 1.807) is 0 Å². The van der Waals surface area contributed by atoms with Crippen LogP contribution in [0.5, 0.6) is 0 Å². The molecule has 0 spiro atoms. The van der Waals surface area contributed by atoms with Crippen molar-refractivity contribution in [3.8, 4) is 16.8 Å². The summed E-state index contributed by atoms with van der Waals surface area (Å²) in [6.07, 6.45) is 2.40. The van der Waals surface area contributed by atoms with Crippen molar-refractivity contribution in [1.82, 2.24) is 4.57 Å². The zero-order valence-electron chi connectivity index (χ0n) is 41.3. The Morgan fingerprint density at radius 1 is 0.471 bits per heavy atom. The van der Waals surface area contributed by atoms with E-state index >= 15 is 0 Å². The molecule has 0 bridgehead atoms. The monoisotopic (exact) mass is 919 g/mol. The van der Waals surface area contributed by atoms with Gasteiger partial charge in [0.1, 0.15) is 0 Å². The van der Waals surface area contributed by atoms with Crippen LogP contribution in [-0.2, 0) is 16.2 Å². The third kappa shape index (κ3) is 5.21. The molecule has 338 valence electrons. The molecule has 0 radical (unpaired) electrons. The van der Waals surface area contributed by atoms with E-state index in [0.717, 1.165) is 0 Å². The number of aromatic nitrogens is 1. The highest BCUT2D eigenvalue weighted by Crippen LogP contribution is 2.57. The Morgan fingerprint density at radius 3 is 1.86 bits per heavy atom. The van der Waals surface area contributed by atoms with Crippen molar-refractivity contribution in [2.45, 2.75) is 84.5 Å². The molecule has 0 saturated carbocycles. The molecule has 15 rings (SSSR count). The quantitative estimate of drug-likeness (QED) is 0.160. The van der Waals surface area contributed by atoms with Crippen molar-refractivity contribution in [2.75, 3.05) is 9.71 Å². The van der Waals surface area contributed by atoms with Gasteiger partial charge in [0, 0.05) is 64.4 Å². The van der Waals surface area contributed by atoms with Crippen molar-refractivity contribution in [3.05, 3.63) is 191 Å². The first kappa shape index (κ1) is 40.8. The van der Waals surface area contributed by atoms with Gasteiger partial charge < -0.3 is 14.3 Å². The molecule has 5 heterocycles. The summed E-state index contributed by atoms with van der Waals surface area (Å²) in [4.78, 5) is 5.34. The molecule has 70 heavy (non-hydrogen) atoms. The Bertz CT molecular complexity index is 4100. The van der Waals surface area contributed by atoms with Gasteiger partial charge in [0.15, 0.2) is 0 Å². The van der Waals surface area contributed by atoms with Crippen molar-refractivity contribution in [1.29, 1.82) is 0 Å². The Morgan fingerprint density at radius 2 is 1.11 bits per heavy atom. The number of rotatable bonds is 2. The van der Waals surface area contributed by atoms with E-state index < -0.39 is 0 Å². The van der Waals surface area contributed by atoms with Crippen LogP contribution in [0.15, 0.2) is 158 Å². The van der Waals surface area contributed by atoms with Gasteiger partial charge in [-0.2, -0.15) is 0 Å². The van der Waals surface area contributed by atoms with Crippen LogP contribution in [0.2, 0.25) is 0 Å². The second-order valence-electron chi connectivity index (χ2n) is 22.9. The first-order valence-electron chi connectivity index (χ1n) is 25.3. The lowest BCUT2D eigenvalue weighted by molar-refractivity contribution is 0.332. The highest BCUT2D eigenvalue weighted by molar-refractivity contribution is 7.26. The van der Waals surface area contributed by atoms with Crippen molar-refractivity contribution in [2.24, 2.45) is 0 Å². The Hall–Kier alpha value is -7.08. The highest BCUT2D eigenvalue weighted by atomic mass is 32.1. The van der Waals surface area contributed by atoms with Gasteiger partial charge in [-0.15, -0.1) is 11.3 Å². The molecular formula is C65H54BN3S. The molecule has 9 aromatic carbocycles. The minimum Gasteiger partial charge on any atom is -0.376 e. The maximum Gasteiger partial charge on any atom is 0.333 e. The predicted molar refractivity (Wildman–Crippen MR) is 302 cm³/mol. The number of hydrogen-bond donors (Lipinski definition) is 0. The maximum absolute atomic E-state index is 2.71. The van der Waals surface area contributed by atoms with Gasteiger partial charge in [0.25, 0.3) is 0 Å². The summed E-state index contributed by atoms with van der Waals surface area (Å²) in [5.41, 5.74) is 23.6. The predicted octanol–water partition coefficient (Wildman–Crippen LogP) is 16.6. The maximum atomic E-state index is 2.71. The normalized spacial score (nSPS) is 16.7. The van der Waals surface area contributed by atoms with Crippen LogP contribution in [0.1, 0.15) is 87.8 Å². The lowest BCUT2D eigenvalue weighted by Gasteiger charge is -2.44. The van der Waals surface area contributed by atoms with Gasteiger partial charge in [-0.25, -0.2) is 0 Å². The summed E-state index contributed by atoms with van der Waals surface area (Å²) >= 11 is 1.98. The van der Waals surface area contributed by atoms with E-state index in [1.807, 2.05) is 11.3 Å². The molecule has 0 unspecified atom stereocenters. The van der Waals surface area contributed by atoms with Gasteiger partial charge in [-0.05, 0) is 142 Å². The molecule has 3 aliphatic heterocycles. The third-order valence-corrected chi connectivity index (χ3v) is 18.6. The lowest BCUT2D eigenvalue weighted by Crippen LogP contribution is -2.60. The number of fused-ring (bicyclic) bond motifs is 16. The summed E-state index contributed by atoms with van der Waals surface area (Å²) < 4.78 is 5.41. The number of benzene rings is 9. The second-order valence-corrected chi connectivity index (χ2v) is 24.0. The van der Waals surface area contributed by atoms with Crippen LogP contribution in [0.3, 0.4) is 0 Å². The van der Waals surface area contributed by atoms with E-state index in [1.165, 1.54) is 155 Å². The molecule has 3 nitrogen and oxygen atoms in total. The molecule has 0 atom stereocenters. The fraction of sp³-hybridized carbons (Fsp3) is 0.200. The highest BCUT2D eigenvalue weighted by Gasteiger charge is 2.47. The van der Waals surface area contributed by atoms with E-state index in [9.17, 15) is 0 Å². The number of hydrogen-bond acceptors (Lipinski definition) is 3. The van der Waals surface area contributed by atoms with Gasteiger partial charge in [-0.3, -0.25) is 0 Å². The van der Waals surface area contributed by atoms with Crippen LogP contribution in [0, 0.1) is 13.8 Å². The average Bonchev–Trinajstić information content (AvgIpc) is 3.91. The second kappa shape index (κ2) is 13.6. The van der Waals surface area contributed by atoms with E-state index in [4.69, 9.17) is 0 Å². The van der Waals surface area contributed by atoms with Crippen LogP contribution in [0.25, 0.3) is 69.6 Å². The molecule has 2 aromatic heterocycles. The first-order valence-corrected chi connectivity index (χ1v) is 26.1. The number of nitrogens with zero attached hydrogens (tertiary/aromatic N) is 3. The van der Waals surface area contributed by atoms with Crippen LogP contribution >= 0.6 is 11.3 Å². The largest absolute Gasteiger partial charge is 0.376 e. The molecule has 0 fully saturated rings. The summed E-state index contributed by atoms with van der Waals surface area (Å²) in [7, 11) is 0. The minimum atomic E-state index is -0.190. The fourth-order valence-corrected chi connectivity index (χ4v) is 14.9. The Kier molecular flexibility index (Phi) is 7.93. The minimum absolute atomic E-state index is 0.0830. The lowest BCUT2D eigenvalue weighted by atomic mass is 9.43. The molecule has 11 aromatic rings. The summed E-state index contributed by atoms with van der Waals surface area (Å²) in [6, 6.07) is 61.6. The van der Waals surface area contributed by atoms with Crippen LogP contribution in [-0.4, -0.2) is 11.4 Å². The van der Waals surface area contributed by atoms with E-state index in [2.05, 4.69) is 227 Å². The molecule has 5 heteroatoms. The van der Waals surface area contributed by atoms with E-state index in [0.29, 0.717) is 0 Å². The smallest absolute Gasteiger partial charge is 0.333 e. The van der Waals surface area contributed by atoms with Gasteiger partial charge in [0.05, 0.1) is 28.1 Å². The Balaban J connectivity index is 1.15. The number of aryl methyl sites for hydroxylation is 2. The average molecular weight is 920 g/mol. The first-order chi connectivity index (χ1) is 33.8. The topological polar surface area (TPSA) is 11.4 Å². The number of anilines is 5. The summed E-state index contributed by atoms with van der Waals surface area (Å²) in [5.74, 6) is 0. The van der Waals surface area contributed by atoms with Gasteiger partial charge in [-0.1, -0.05) is 150 Å². The molecule has 0 amide bonds. The summed E-state index contributed by atoms with van der Waals surface area (Å²) in [5, 5.41) is 7.84. The van der Waals surface area contributed by atoms with Gasteiger partial charge >= 0.3 is 6.85 Å². The zero-order chi connectivity index (χ0) is 47.3. The van der Waals surface area contributed by atoms with Crippen LogP contribution in [0.4, 0.5) is 28.4 Å². The van der Waals surface area contributed by atoms with Crippen molar-refractivity contribution in [3.63, 3.8) is 0 Å². The van der Waals surface area contributed by atoms with Gasteiger partial charge in [0.2, 0.25) is 0 Å². The molecular weight excluding hydrogens is 866 g/mol. The number of para-hydroxylation sites is 2. The van der Waals surface area contributed by atoms with Crippen LogP contribution < -0.4 is 20.6 Å². The third-order valence-electron chi connectivity index (χ3n) is 17.5. The zero-order valence-corrected chi connectivity index (χ0v) is 42.1. The summed E-state index contributed by atoms with van der Waals surface area (Å²) in [6.45, 7) is 19.0. The van der Waals surface area contributed by atoms with E-state index in [-0.39, 0.29) is 23.1 Å². The Labute approximate surface area is 414 Å². The molecule has 0 N–H and O–H groups in total. The molecule has 1 aliphatic carbocycles. The molecule has 4 aliphatic rings. The molecule has 0 saturated heterocycles. The standard InChI is InChI=1S/C65H54BN3S/c1-37-21-25-40(26-22-37)69-55-36-58-44(45-33-49-50(35-57(45)70-58)64(5,6)30-29-63(49,3)4)32-43(55)46-34-56(67-52-19-13-11-17-47(52)65(7,8)48-18-12-14-20-53(48)67)59-42-27-24-39-15-9-10-16-41(39)61(42)68-54-28-23-38(2)31-51(54)66(69)60(46)62(59)68/h9-28,31-36H,29-30H2,1-8H3. The SMILES string of the molecule is Cc1ccc(N2B3c4cc(C)ccc4-n4c5c3c(cc(N3c6ccccc6C(C)(C)c6ccccc63)c5c3ccc5ccccc5c34)-c3cc4c(cc32)sc2cc3c(cc24)C(C)(C)CCC3(C)C)cc1. The van der Waals surface area contributed by atoms with Crippen molar-refractivity contribution < 1.29 is 0 Å². The number of thiophene rings is 1.